The molecule has 1 aromatic carbocycles. The fraction of sp³-hybridized carbons (Fsp3) is 0.227. The van der Waals surface area contributed by atoms with Crippen molar-refractivity contribution >= 4 is 56.5 Å². The number of rotatable bonds is 6. The van der Waals surface area contributed by atoms with Crippen molar-refractivity contribution in [1.82, 2.24) is 9.97 Å². The number of aromatic amines is 1. The molecule has 0 spiro atoms. The Kier molecular flexibility index (Phi) is 6.22. The van der Waals surface area contributed by atoms with Crippen LogP contribution in [-0.4, -0.2) is 21.1 Å². The van der Waals surface area contributed by atoms with E-state index in [0.29, 0.717) is 32.5 Å². The van der Waals surface area contributed by atoms with Crippen LogP contribution in [0.15, 0.2) is 51.2 Å². The molecule has 0 aliphatic rings. The molecule has 0 aliphatic heterocycles. The Morgan fingerprint density at radius 3 is 2.87 bits per heavy atom. The lowest BCUT2D eigenvalue weighted by Gasteiger charge is -2.17. The summed E-state index contributed by atoms with van der Waals surface area (Å²) in [4.78, 5) is 33.6. The quantitative estimate of drug-likeness (QED) is 0.357. The highest BCUT2D eigenvalue weighted by atomic mass is 35.5. The van der Waals surface area contributed by atoms with Crippen LogP contribution in [-0.2, 0) is 4.79 Å². The Balaban J connectivity index is 1.51. The second-order valence-electron chi connectivity index (χ2n) is 7.13. The molecule has 9 heteroatoms. The normalized spacial score (nSPS) is 13.3. The van der Waals surface area contributed by atoms with Crippen molar-refractivity contribution in [1.29, 1.82) is 0 Å². The molecular formula is C22H20ClN3O3S2. The maximum atomic E-state index is 12.8. The van der Waals surface area contributed by atoms with Crippen molar-refractivity contribution in [3.05, 3.63) is 68.7 Å². The number of aryl methyl sites for hydroxylation is 1. The minimum absolute atomic E-state index is 0.137. The Labute approximate surface area is 192 Å². The van der Waals surface area contributed by atoms with Crippen molar-refractivity contribution in [2.45, 2.75) is 31.3 Å². The van der Waals surface area contributed by atoms with Gasteiger partial charge in [0.05, 0.1) is 22.1 Å². The Morgan fingerprint density at radius 1 is 1.32 bits per heavy atom. The average Bonchev–Trinajstić information content (AvgIpc) is 3.40. The SMILES string of the molecule is Cc1ccc(Cl)cc1NC(=O)C(C)SC(C)c1nc2scc(-c3ccco3)c2c(=O)[nH]1. The van der Waals surface area contributed by atoms with Gasteiger partial charge in [-0.05, 0) is 50.6 Å². The van der Waals surface area contributed by atoms with E-state index in [1.54, 1.807) is 24.5 Å². The standard InChI is InChI=1S/C22H20ClN3O3S2/c1-11-6-7-14(23)9-16(11)24-20(27)13(3)31-12(2)19-25-21(28)18-15(10-30-22(18)26-19)17-5-4-8-29-17/h4-10,12-13H,1-3H3,(H,24,27)(H,25,26,28). The highest BCUT2D eigenvalue weighted by Gasteiger charge is 2.22. The molecule has 4 rings (SSSR count). The maximum Gasteiger partial charge on any atom is 0.260 e. The number of hydrogen-bond acceptors (Lipinski definition) is 6. The van der Waals surface area contributed by atoms with Crippen LogP contribution in [0.25, 0.3) is 21.5 Å². The van der Waals surface area contributed by atoms with E-state index in [2.05, 4.69) is 15.3 Å². The van der Waals surface area contributed by atoms with Crippen molar-refractivity contribution in [2.24, 2.45) is 0 Å². The summed E-state index contributed by atoms with van der Waals surface area (Å²) in [6.07, 6.45) is 1.57. The number of H-pyrrole nitrogens is 1. The van der Waals surface area contributed by atoms with Gasteiger partial charge in [-0.2, -0.15) is 0 Å². The first-order chi connectivity index (χ1) is 14.8. The number of fused-ring (bicyclic) bond motifs is 1. The summed E-state index contributed by atoms with van der Waals surface area (Å²) in [7, 11) is 0. The molecule has 0 bridgehead atoms. The topological polar surface area (TPSA) is 88.0 Å². The second kappa shape index (κ2) is 8.90. The van der Waals surface area contributed by atoms with Crippen LogP contribution in [0.1, 0.15) is 30.5 Å². The number of carbonyl (C=O) groups is 1. The lowest BCUT2D eigenvalue weighted by molar-refractivity contribution is -0.115. The number of thioether (sulfide) groups is 1. The van der Waals surface area contributed by atoms with Crippen LogP contribution in [0, 0.1) is 6.92 Å². The van der Waals surface area contributed by atoms with Gasteiger partial charge in [0.25, 0.3) is 5.56 Å². The van der Waals surface area contributed by atoms with Gasteiger partial charge in [-0.25, -0.2) is 4.98 Å². The first-order valence-corrected chi connectivity index (χ1v) is 11.8. The van der Waals surface area contributed by atoms with Gasteiger partial charge in [0.15, 0.2) is 0 Å². The molecule has 160 valence electrons. The number of hydrogen-bond donors (Lipinski definition) is 2. The lowest BCUT2D eigenvalue weighted by atomic mass is 10.2. The summed E-state index contributed by atoms with van der Waals surface area (Å²) in [5.41, 5.74) is 2.14. The summed E-state index contributed by atoms with van der Waals surface area (Å²) >= 11 is 8.85. The molecule has 1 amide bonds. The minimum atomic E-state index is -0.364. The first-order valence-electron chi connectivity index (χ1n) is 9.61. The highest BCUT2D eigenvalue weighted by Crippen LogP contribution is 2.34. The van der Waals surface area contributed by atoms with Gasteiger partial charge in [0, 0.05) is 21.7 Å². The van der Waals surface area contributed by atoms with Gasteiger partial charge in [0.1, 0.15) is 16.4 Å². The molecule has 0 saturated heterocycles. The average molecular weight is 474 g/mol. The van der Waals surface area contributed by atoms with Gasteiger partial charge in [-0.15, -0.1) is 23.1 Å². The molecule has 0 radical (unpaired) electrons. The molecule has 0 fully saturated rings. The smallest absolute Gasteiger partial charge is 0.260 e. The Hall–Kier alpha value is -2.55. The number of furan rings is 1. The molecular weight excluding hydrogens is 454 g/mol. The summed E-state index contributed by atoms with van der Waals surface area (Å²) in [6.45, 7) is 5.66. The lowest BCUT2D eigenvalue weighted by Crippen LogP contribution is -2.24. The number of halogens is 1. The monoisotopic (exact) mass is 473 g/mol. The van der Waals surface area contributed by atoms with Crippen molar-refractivity contribution in [3.63, 3.8) is 0 Å². The van der Waals surface area contributed by atoms with E-state index in [0.717, 1.165) is 11.1 Å². The maximum absolute atomic E-state index is 12.8. The van der Waals surface area contributed by atoms with Crippen LogP contribution in [0.3, 0.4) is 0 Å². The molecule has 3 aromatic heterocycles. The van der Waals surface area contributed by atoms with E-state index in [1.807, 2.05) is 38.3 Å². The third-order valence-electron chi connectivity index (χ3n) is 4.87. The highest BCUT2D eigenvalue weighted by molar-refractivity contribution is 8.00. The Bertz CT molecular complexity index is 1300. The molecule has 31 heavy (non-hydrogen) atoms. The summed E-state index contributed by atoms with van der Waals surface area (Å²) in [5.74, 6) is 1.03. The van der Waals surface area contributed by atoms with Gasteiger partial charge in [-0.1, -0.05) is 17.7 Å². The van der Waals surface area contributed by atoms with Crippen molar-refractivity contribution < 1.29 is 9.21 Å². The van der Waals surface area contributed by atoms with Gasteiger partial charge >= 0.3 is 0 Å². The zero-order chi connectivity index (χ0) is 22.1. The molecule has 0 saturated carbocycles. The minimum Gasteiger partial charge on any atom is -0.464 e. The van der Waals surface area contributed by atoms with Crippen molar-refractivity contribution in [3.8, 4) is 11.3 Å². The van der Waals surface area contributed by atoms with Gasteiger partial charge in [0.2, 0.25) is 5.91 Å². The number of thiophene rings is 1. The number of nitrogens with zero attached hydrogens (tertiary/aromatic N) is 1. The Morgan fingerprint density at radius 2 is 2.13 bits per heavy atom. The van der Waals surface area contributed by atoms with E-state index in [9.17, 15) is 9.59 Å². The third-order valence-corrected chi connectivity index (χ3v) is 7.23. The zero-order valence-electron chi connectivity index (χ0n) is 17.1. The number of aromatic nitrogens is 2. The van der Waals surface area contributed by atoms with Crippen LogP contribution in [0.5, 0.6) is 0 Å². The van der Waals surface area contributed by atoms with Gasteiger partial charge in [-0.3, -0.25) is 9.59 Å². The van der Waals surface area contributed by atoms with E-state index in [4.69, 9.17) is 16.0 Å². The van der Waals surface area contributed by atoms with Crippen LogP contribution < -0.4 is 10.9 Å². The molecule has 2 unspecified atom stereocenters. The van der Waals surface area contributed by atoms with Crippen molar-refractivity contribution in [2.75, 3.05) is 5.32 Å². The van der Waals surface area contributed by atoms with Gasteiger partial charge < -0.3 is 14.7 Å². The van der Waals surface area contributed by atoms with E-state index in [-0.39, 0.29) is 22.0 Å². The summed E-state index contributed by atoms with van der Waals surface area (Å²) < 4.78 is 5.43. The number of anilines is 1. The first kappa shape index (κ1) is 21.7. The largest absolute Gasteiger partial charge is 0.464 e. The molecule has 4 aromatic rings. The molecule has 0 aliphatic carbocycles. The van der Waals surface area contributed by atoms with Crippen LogP contribution in [0.2, 0.25) is 5.02 Å². The number of carbonyl (C=O) groups excluding carboxylic acids is 1. The van der Waals surface area contributed by atoms with E-state index < -0.39 is 0 Å². The summed E-state index contributed by atoms with van der Waals surface area (Å²) in [6, 6.07) is 8.98. The summed E-state index contributed by atoms with van der Waals surface area (Å²) in [5, 5.41) is 5.32. The molecule has 2 N–H and O–H groups in total. The fourth-order valence-corrected chi connectivity index (χ4v) is 5.31. The van der Waals surface area contributed by atoms with Crippen LogP contribution >= 0.6 is 34.7 Å². The predicted octanol–water partition coefficient (Wildman–Crippen LogP) is 6.03. The van der Waals surface area contributed by atoms with E-state index in [1.165, 1.54) is 23.1 Å². The molecule has 2 atom stereocenters. The second-order valence-corrected chi connectivity index (χ2v) is 10.1. The number of nitrogens with one attached hydrogen (secondary N) is 2. The number of benzene rings is 1. The molecule has 6 nitrogen and oxygen atoms in total. The molecule has 3 heterocycles. The number of amides is 1. The zero-order valence-corrected chi connectivity index (χ0v) is 19.5. The fourth-order valence-electron chi connectivity index (χ4n) is 3.17. The van der Waals surface area contributed by atoms with Crippen LogP contribution in [0.4, 0.5) is 5.69 Å². The third kappa shape index (κ3) is 4.56. The van der Waals surface area contributed by atoms with E-state index >= 15 is 0 Å². The predicted molar refractivity (Wildman–Crippen MR) is 128 cm³/mol.